The predicted octanol–water partition coefficient (Wildman–Crippen LogP) is 7.36. The first-order chi connectivity index (χ1) is 16.4. The molecule has 3 aromatic carbocycles. The Kier molecular flexibility index (Phi) is 7.85. The summed E-state index contributed by atoms with van der Waals surface area (Å²) in [6.45, 7) is 0.333. The maximum atomic E-state index is 12.7. The molecule has 1 heterocycles. The maximum Gasteiger partial charge on any atom is 0.255 e. The number of hydrogen-bond donors (Lipinski definition) is 1. The van der Waals surface area contributed by atoms with Gasteiger partial charge in [0.2, 0.25) is 0 Å². The highest BCUT2D eigenvalue weighted by molar-refractivity contribution is 6.40. The van der Waals surface area contributed by atoms with Crippen LogP contribution in [0.25, 0.3) is 0 Å². The molecule has 34 heavy (non-hydrogen) atoms. The monoisotopic (exact) mass is 535 g/mol. The largest absolute Gasteiger partial charge is 0.486 e. The van der Waals surface area contributed by atoms with Crippen molar-refractivity contribution in [3.05, 3.63) is 104 Å². The summed E-state index contributed by atoms with van der Waals surface area (Å²) in [6, 6.07) is 17.2. The number of nitrogens with one attached hydrogen (secondary N) is 1. The Morgan fingerprint density at radius 2 is 1.68 bits per heavy atom. The Morgan fingerprint density at radius 3 is 2.44 bits per heavy atom. The number of rotatable bonds is 8. The van der Waals surface area contributed by atoms with Crippen LogP contribution in [0.15, 0.2) is 73.1 Å². The number of ether oxygens (including phenoxy) is 2. The number of aromatic nitrogens is 2. The van der Waals surface area contributed by atoms with Crippen LogP contribution in [-0.2, 0) is 13.3 Å². The maximum absolute atomic E-state index is 12.7. The van der Waals surface area contributed by atoms with E-state index in [2.05, 4.69) is 10.4 Å². The smallest absolute Gasteiger partial charge is 0.255 e. The highest BCUT2D eigenvalue weighted by Crippen LogP contribution is 2.36. The average Bonchev–Trinajstić information content (AvgIpc) is 3.24. The molecule has 0 bridgehead atoms. The lowest BCUT2D eigenvalue weighted by Gasteiger charge is -2.11. The lowest BCUT2D eigenvalue weighted by molar-refractivity contribution is 0.102. The number of hydrogen-bond acceptors (Lipinski definition) is 4. The molecule has 4 rings (SSSR count). The van der Waals surface area contributed by atoms with Crippen LogP contribution in [0.5, 0.6) is 11.5 Å². The van der Waals surface area contributed by atoms with Crippen molar-refractivity contribution >= 4 is 58.0 Å². The second kappa shape index (κ2) is 11.0. The van der Waals surface area contributed by atoms with E-state index in [1.165, 1.54) is 6.20 Å². The van der Waals surface area contributed by atoms with Crippen molar-refractivity contribution in [2.45, 2.75) is 13.3 Å². The zero-order valence-corrected chi connectivity index (χ0v) is 20.5. The van der Waals surface area contributed by atoms with Gasteiger partial charge in [0.15, 0.2) is 12.5 Å². The van der Waals surface area contributed by atoms with Crippen LogP contribution in [0.1, 0.15) is 15.9 Å². The Hall–Kier alpha value is -2.90. The molecule has 0 radical (unpaired) electrons. The van der Waals surface area contributed by atoms with Crippen molar-refractivity contribution in [1.82, 2.24) is 9.78 Å². The SMILES string of the molecule is O=C(Nc1cnn(COc2cccc(Cl)c2)c1)c1cccc(COc2c(Cl)cc(Cl)cc2Cl)c1. The summed E-state index contributed by atoms with van der Waals surface area (Å²) in [4.78, 5) is 12.7. The molecule has 174 valence electrons. The second-order valence-electron chi connectivity index (χ2n) is 7.14. The molecule has 6 nitrogen and oxygen atoms in total. The number of nitrogens with zero attached hydrogens (tertiary/aromatic N) is 2. The minimum Gasteiger partial charge on any atom is -0.486 e. The van der Waals surface area contributed by atoms with Gasteiger partial charge in [0, 0.05) is 15.6 Å². The zero-order valence-electron chi connectivity index (χ0n) is 17.5. The van der Waals surface area contributed by atoms with E-state index < -0.39 is 0 Å². The number of anilines is 1. The highest BCUT2D eigenvalue weighted by atomic mass is 35.5. The summed E-state index contributed by atoms with van der Waals surface area (Å²) in [5.41, 5.74) is 1.75. The van der Waals surface area contributed by atoms with Gasteiger partial charge in [-0.15, -0.1) is 0 Å². The molecule has 0 aliphatic carbocycles. The van der Waals surface area contributed by atoms with Crippen molar-refractivity contribution in [2.24, 2.45) is 0 Å². The molecule has 1 aromatic heterocycles. The van der Waals surface area contributed by atoms with Crippen molar-refractivity contribution in [2.75, 3.05) is 5.32 Å². The van der Waals surface area contributed by atoms with Gasteiger partial charge in [0.05, 0.1) is 28.1 Å². The van der Waals surface area contributed by atoms with Crippen LogP contribution in [0, 0.1) is 0 Å². The van der Waals surface area contributed by atoms with E-state index in [0.717, 1.165) is 5.56 Å². The number of amides is 1. The van der Waals surface area contributed by atoms with Crippen LogP contribution >= 0.6 is 46.4 Å². The molecule has 4 aromatic rings. The van der Waals surface area contributed by atoms with E-state index in [9.17, 15) is 4.79 Å². The standard InChI is InChI=1S/C24H17Cl4N3O3/c25-17-5-2-6-20(8-17)34-14-31-12-19(11-29-31)30-24(32)16-4-1-3-15(7-16)13-33-23-21(27)9-18(26)10-22(23)28/h1-12H,13-14H2,(H,30,32). The molecular weight excluding hydrogens is 520 g/mol. The van der Waals surface area contributed by atoms with Crippen LogP contribution < -0.4 is 14.8 Å². The summed E-state index contributed by atoms with van der Waals surface area (Å²) in [5, 5.41) is 8.62. The van der Waals surface area contributed by atoms with E-state index >= 15 is 0 Å². The number of carbonyl (C=O) groups excluding carboxylic acids is 1. The Bertz CT molecular complexity index is 1300. The normalized spacial score (nSPS) is 10.7. The minimum atomic E-state index is -0.292. The minimum absolute atomic E-state index is 0.166. The number of benzene rings is 3. The Balaban J connectivity index is 1.35. The van der Waals surface area contributed by atoms with E-state index in [1.54, 1.807) is 65.5 Å². The van der Waals surface area contributed by atoms with Gasteiger partial charge in [0.1, 0.15) is 12.4 Å². The zero-order chi connectivity index (χ0) is 24.1. The Labute approximate surface area is 215 Å². The molecule has 0 aliphatic rings. The van der Waals surface area contributed by atoms with Crippen molar-refractivity contribution in [1.29, 1.82) is 0 Å². The fourth-order valence-electron chi connectivity index (χ4n) is 3.02. The summed E-state index contributed by atoms with van der Waals surface area (Å²) >= 11 is 24.2. The van der Waals surface area contributed by atoms with Crippen LogP contribution in [0.4, 0.5) is 5.69 Å². The molecule has 10 heteroatoms. The summed E-state index contributed by atoms with van der Waals surface area (Å²) in [7, 11) is 0. The van der Waals surface area contributed by atoms with Gasteiger partial charge in [-0.3, -0.25) is 4.79 Å². The molecule has 0 fully saturated rings. The van der Waals surface area contributed by atoms with Crippen LogP contribution in [-0.4, -0.2) is 15.7 Å². The first-order valence-electron chi connectivity index (χ1n) is 9.96. The van der Waals surface area contributed by atoms with Crippen LogP contribution in [0.2, 0.25) is 20.1 Å². The van der Waals surface area contributed by atoms with Gasteiger partial charge in [0.25, 0.3) is 5.91 Å². The third kappa shape index (κ3) is 6.36. The Morgan fingerprint density at radius 1 is 0.912 bits per heavy atom. The lowest BCUT2D eigenvalue weighted by atomic mass is 10.1. The molecule has 1 N–H and O–H groups in total. The van der Waals surface area contributed by atoms with Gasteiger partial charge in [-0.2, -0.15) is 5.10 Å². The van der Waals surface area contributed by atoms with E-state index in [4.69, 9.17) is 55.9 Å². The van der Waals surface area contributed by atoms with E-state index in [-0.39, 0.29) is 19.2 Å². The number of halogens is 4. The quantitative estimate of drug-likeness (QED) is 0.255. The second-order valence-corrected chi connectivity index (χ2v) is 8.83. The summed E-state index contributed by atoms with van der Waals surface area (Å²) in [5.74, 6) is 0.656. The molecule has 0 saturated heterocycles. The fourth-order valence-corrected chi connectivity index (χ4v) is 4.13. The summed E-state index contributed by atoms with van der Waals surface area (Å²) in [6.07, 6.45) is 3.21. The third-order valence-electron chi connectivity index (χ3n) is 4.59. The van der Waals surface area contributed by atoms with Crippen molar-refractivity contribution < 1.29 is 14.3 Å². The fraction of sp³-hybridized carbons (Fsp3) is 0.0833. The van der Waals surface area contributed by atoms with Crippen molar-refractivity contribution in [3.8, 4) is 11.5 Å². The van der Waals surface area contributed by atoms with E-state index in [0.29, 0.717) is 42.8 Å². The first kappa shape index (κ1) is 24.2. The van der Waals surface area contributed by atoms with Gasteiger partial charge in [-0.25, -0.2) is 4.68 Å². The van der Waals surface area contributed by atoms with Gasteiger partial charge >= 0.3 is 0 Å². The first-order valence-corrected chi connectivity index (χ1v) is 11.5. The van der Waals surface area contributed by atoms with Gasteiger partial charge in [-0.1, -0.05) is 64.6 Å². The van der Waals surface area contributed by atoms with Gasteiger partial charge < -0.3 is 14.8 Å². The summed E-state index contributed by atoms with van der Waals surface area (Å²) < 4.78 is 12.9. The number of carbonyl (C=O) groups is 1. The topological polar surface area (TPSA) is 65.4 Å². The highest BCUT2D eigenvalue weighted by Gasteiger charge is 2.12. The van der Waals surface area contributed by atoms with Crippen LogP contribution in [0.3, 0.4) is 0 Å². The predicted molar refractivity (Wildman–Crippen MR) is 135 cm³/mol. The van der Waals surface area contributed by atoms with Crippen molar-refractivity contribution in [3.63, 3.8) is 0 Å². The molecule has 1 amide bonds. The third-order valence-corrected chi connectivity index (χ3v) is 5.60. The average molecular weight is 537 g/mol. The molecular formula is C24H17Cl4N3O3. The molecule has 0 spiro atoms. The molecule has 0 unspecified atom stereocenters. The van der Waals surface area contributed by atoms with E-state index in [1.807, 2.05) is 6.07 Å². The molecule has 0 aliphatic heterocycles. The van der Waals surface area contributed by atoms with Gasteiger partial charge in [-0.05, 0) is 48.0 Å². The molecule has 0 saturated carbocycles. The lowest BCUT2D eigenvalue weighted by Crippen LogP contribution is -2.12. The molecule has 0 atom stereocenters.